The summed E-state index contributed by atoms with van der Waals surface area (Å²) in [5.41, 5.74) is 1.54. The first-order chi connectivity index (χ1) is 6.81. The minimum Gasteiger partial charge on any atom is -0.468 e. The molecule has 0 aromatic rings. The summed E-state index contributed by atoms with van der Waals surface area (Å²) >= 11 is 0. The molecule has 3 nitrogen and oxygen atoms in total. The van der Waals surface area contributed by atoms with Gasteiger partial charge >= 0.3 is 5.97 Å². The second-order valence-electron chi connectivity index (χ2n) is 4.04. The highest BCUT2D eigenvalue weighted by molar-refractivity contribution is 5.76. The van der Waals surface area contributed by atoms with Crippen LogP contribution in [0, 0.1) is 0 Å². The molecule has 3 heteroatoms. The summed E-state index contributed by atoms with van der Waals surface area (Å²) in [5.74, 6) is -0.0725. The Balaban J connectivity index is 1.89. The second-order valence-corrected chi connectivity index (χ2v) is 4.04. The number of carbonyl (C=O) groups excluding carboxylic acids is 1. The molecule has 0 N–H and O–H groups in total. The van der Waals surface area contributed by atoms with E-state index in [4.69, 9.17) is 4.74 Å². The molecule has 1 aliphatic heterocycles. The van der Waals surface area contributed by atoms with Crippen molar-refractivity contribution in [1.29, 1.82) is 0 Å². The largest absolute Gasteiger partial charge is 0.468 e. The number of methoxy groups -OCH3 is 1. The van der Waals surface area contributed by atoms with E-state index in [1.807, 2.05) is 0 Å². The standard InChI is InChI=1S/C11H17NO2/c1-14-11(13)10-3-2-7-12(10)8-6-9-4-5-9/h6,10H,2-5,7-8H2,1H3/t10-/m0/s1. The molecule has 1 saturated heterocycles. The Morgan fingerprint density at radius 2 is 2.43 bits per heavy atom. The van der Waals surface area contributed by atoms with Gasteiger partial charge in [-0.05, 0) is 32.2 Å². The van der Waals surface area contributed by atoms with Crippen molar-refractivity contribution in [3.8, 4) is 0 Å². The highest BCUT2D eigenvalue weighted by Gasteiger charge is 2.30. The number of esters is 1. The zero-order valence-corrected chi connectivity index (χ0v) is 8.66. The first kappa shape index (κ1) is 9.71. The summed E-state index contributed by atoms with van der Waals surface area (Å²) in [6, 6.07) is 0.00981. The van der Waals surface area contributed by atoms with Gasteiger partial charge in [0.15, 0.2) is 0 Å². The summed E-state index contributed by atoms with van der Waals surface area (Å²) in [5, 5.41) is 0. The number of hydrogen-bond acceptors (Lipinski definition) is 3. The van der Waals surface area contributed by atoms with Gasteiger partial charge in [0, 0.05) is 6.54 Å². The molecule has 2 aliphatic rings. The molecule has 78 valence electrons. The minimum atomic E-state index is -0.0725. The van der Waals surface area contributed by atoms with Crippen molar-refractivity contribution >= 4 is 5.97 Å². The number of ether oxygens (including phenoxy) is 1. The molecule has 0 aromatic heterocycles. The Morgan fingerprint density at radius 3 is 3.07 bits per heavy atom. The number of carbonyl (C=O) groups is 1. The quantitative estimate of drug-likeness (QED) is 0.503. The molecule has 0 amide bonds. The van der Waals surface area contributed by atoms with E-state index in [9.17, 15) is 4.79 Å². The molecule has 2 rings (SSSR count). The van der Waals surface area contributed by atoms with Crippen molar-refractivity contribution in [2.24, 2.45) is 0 Å². The molecule has 1 saturated carbocycles. The minimum absolute atomic E-state index is 0.00981. The molecule has 2 fully saturated rings. The first-order valence-corrected chi connectivity index (χ1v) is 5.31. The van der Waals surface area contributed by atoms with Crippen LogP contribution >= 0.6 is 0 Å². The lowest BCUT2D eigenvalue weighted by Gasteiger charge is -2.20. The molecule has 0 aromatic carbocycles. The molecule has 14 heavy (non-hydrogen) atoms. The zero-order chi connectivity index (χ0) is 9.97. The van der Waals surface area contributed by atoms with Gasteiger partial charge in [-0.1, -0.05) is 11.6 Å². The van der Waals surface area contributed by atoms with Crippen LogP contribution in [0.5, 0.6) is 0 Å². The van der Waals surface area contributed by atoms with Crippen molar-refractivity contribution in [2.45, 2.75) is 31.7 Å². The Hall–Kier alpha value is -0.830. The number of hydrogen-bond donors (Lipinski definition) is 0. The lowest BCUT2D eigenvalue weighted by atomic mass is 10.2. The maximum absolute atomic E-state index is 11.4. The van der Waals surface area contributed by atoms with Crippen LogP contribution in [0.2, 0.25) is 0 Å². The summed E-state index contributed by atoms with van der Waals surface area (Å²) < 4.78 is 4.79. The molecular weight excluding hydrogens is 178 g/mol. The van der Waals surface area contributed by atoms with Crippen molar-refractivity contribution in [1.82, 2.24) is 4.90 Å². The molecule has 0 unspecified atom stereocenters. The van der Waals surface area contributed by atoms with Crippen LogP contribution in [-0.2, 0) is 9.53 Å². The normalized spacial score (nSPS) is 26.4. The van der Waals surface area contributed by atoms with Crippen LogP contribution in [0.25, 0.3) is 0 Å². The van der Waals surface area contributed by atoms with Gasteiger partial charge in [-0.15, -0.1) is 0 Å². The second kappa shape index (κ2) is 4.13. The van der Waals surface area contributed by atoms with Crippen molar-refractivity contribution in [2.75, 3.05) is 20.2 Å². The van der Waals surface area contributed by atoms with E-state index in [0.29, 0.717) is 0 Å². The van der Waals surface area contributed by atoms with E-state index < -0.39 is 0 Å². The van der Waals surface area contributed by atoms with Crippen LogP contribution in [0.3, 0.4) is 0 Å². The highest BCUT2D eigenvalue weighted by atomic mass is 16.5. The van der Waals surface area contributed by atoms with Gasteiger partial charge in [-0.25, -0.2) is 0 Å². The van der Waals surface area contributed by atoms with Gasteiger partial charge in [0.25, 0.3) is 0 Å². The van der Waals surface area contributed by atoms with E-state index in [-0.39, 0.29) is 12.0 Å². The van der Waals surface area contributed by atoms with Gasteiger partial charge in [0.1, 0.15) is 6.04 Å². The summed E-state index contributed by atoms with van der Waals surface area (Å²) in [6.07, 6.45) is 6.85. The number of likely N-dealkylation sites (tertiary alicyclic amines) is 1. The third-order valence-electron chi connectivity index (χ3n) is 2.99. The summed E-state index contributed by atoms with van der Waals surface area (Å²) in [4.78, 5) is 13.6. The van der Waals surface area contributed by atoms with Crippen LogP contribution in [0.4, 0.5) is 0 Å². The fourth-order valence-electron chi connectivity index (χ4n) is 1.97. The molecule has 1 heterocycles. The topological polar surface area (TPSA) is 29.5 Å². The third-order valence-corrected chi connectivity index (χ3v) is 2.99. The van der Waals surface area contributed by atoms with Gasteiger partial charge in [0.05, 0.1) is 7.11 Å². The highest BCUT2D eigenvalue weighted by Crippen LogP contribution is 2.28. The van der Waals surface area contributed by atoms with E-state index >= 15 is 0 Å². The maximum Gasteiger partial charge on any atom is 0.323 e. The summed E-state index contributed by atoms with van der Waals surface area (Å²) in [6.45, 7) is 1.96. The fourth-order valence-corrected chi connectivity index (χ4v) is 1.97. The fraction of sp³-hybridized carbons (Fsp3) is 0.727. The SMILES string of the molecule is COC(=O)[C@@H]1CCCN1CC=C1CC1. The average Bonchev–Trinajstić information content (AvgIpc) is 2.92. The Bertz CT molecular complexity index is 254. The third kappa shape index (κ3) is 2.15. The van der Waals surface area contributed by atoms with Crippen molar-refractivity contribution < 1.29 is 9.53 Å². The van der Waals surface area contributed by atoms with Crippen LogP contribution in [-0.4, -0.2) is 37.1 Å². The van der Waals surface area contributed by atoms with Crippen molar-refractivity contribution in [3.05, 3.63) is 11.6 Å². The molecule has 0 bridgehead atoms. The predicted octanol–water partition coefficient (Wildman–Crippen LogP) is 1.34. The average molecular weight is 195 g/mol. The summed E-state index contributed by atoms with van der Waals surface area (Å²) in [7, 11) is 1.47. The molecular formula is C11H17NO2. The molecule has 1 aliphatic carbocycles. The monoisotopic (exact) mass is 195 g/mol. The van der Waals surface area contributed by atoms with Gasteiger partial charge in [-0.2, -0.15) is 0 Å². The number of allylic oxidation sites excluding steroid dienone is 1. The van der Waals surface area contributed by atoms with Crippen LogP contribution in [0.1, 0.15) is 25.7 Å². The van der Waals surface area contributed by atoms with E-state index in [1.165, 1.54) is 20.0 Å². The molecule has 1 atom stereocenters. The lowest BCUT2D eigenvalue weighted by molar-refractivity contribution is -0.145. The van der Waals surface area contributed by atoms with Crippen molar-refractivity contribution in [3.63, 3.8) is 0 Å². The van der Waals surface area contributed by atoms with E-state index in [1.54, 1.807) is 5.57 Å². The number of nitrogens with zero attached hydrogens (tertiary/aromatic N) is 1. The predicted molar refractivity (Wildman–Crippen MR) is 53.9 cm³/mol. The molecule has 0 radical (unpaired) electrons. The van der Waals surface area contributed by atoms with Gasteiger partial charge in [0.2, 0.25) is 0 Å². The van der Waals surface area contributed by atoms with Gasteiger partial charge < -0.3 is 4.74 Å². The first-order valence-electron chi connectivity index (χ1n) is 5.31. The number of rotatable bonds is 3. The van der Waals surface area contributed by atoms with E-state index in [0.717, 1.165) is 25.9 Å². The maximum atomic E-state index is 11.4. The smallest absolute Gasteiger partial charge is 0.323 e. The Labute approximate surface area is 84.7 Å². The van der Waals surface area contributed by atoms with Crippen LogP contribution in [0.15, 0.2) is 11.6 Å². The van der Waals surface area contributed by atoms with Crippen LogP contribution < -0.4 is 0 Å². The zero-order valence-electron chi connectivity index (χ0n) is 8.66. The lowest BCUT2D eigenvalue weighted by Crippen LogP contribution is -2.36. The van der Waals surface area contributed by atoms with E-state index in [2.05, 4.69) is 11.0 Å². The molecule has 0 spiro atoms. The van der Waals surface area contributed by atoms with Gasteiger partial charge in [-0.3, -0.25) is 9.69 Å². The Kier molecular flexibility index (Phi) is 2.87. The Morgan fingerprint density at radius 1 is 1.64 bits per heavy atom.